The van der Waals surface area contributed by atoms with Gasteiger partial charge in [-0.15, -0.1) is 0 Å². The lowest BCUT2D eigenvalue weighted by atomic mass is 10.1. The molecule has 3 rings (SSSR count). The third kappa shape index (κ3) is 4.38. The van der Waals surface area contributed by atoms with Crippen molar-refractivity contribution in [1.82, 2.24) is 0 Å². The first-order valence-electron chi connectivity index (χ1n) is 8.38. The van der Waals surface area contributed by atoms with E-state index in [1.165, 1.54) is 17.2 Å². The molecule has 2 aromatic carbocycles. The summed E-state index contributed by atoms with van der Waals surface area (Å²) in [6.45, 7) is 1.83. The highest BCUT2D eigenvalue weighted by Gasteiger charge is 2.13. The first kappa shape index (κ1) is 17.0. The summed E-state index contributed by atoms with van der Waals surface area (Å²) < 4.78 is 15.7. The number of carbonyl (C=O) groups is 2. The second kappa shape index (κ2) is 7.83. The largest absolute Gasteiger partial charge is 0.482 e. The fraction of sp³-hybridized carbons (Fsp3) is 0.300. The van der Waals surface area contributed by atoms with Crippen LogP contribution < -0.4 is 9.47 Å². The SMILES string of the molecule is CCOC(=O)c1cccc(OC(=O)COc2ccc3c(c2)CCC3)c1. The van der Waals surface area contributed by atoms with E-state index in [2.05, 4.69) is 0 Å². The van der Waals surface area contributed by atoms with Crippen LogP contribution in [-0.2, 0) is 22.4 Å². The van der Waals surface area contributed by atoms with Gasteiger partial charge >= 0.3 is 11.9 Å². The Balaban J connectivity index is 1.56. The fourth-order valence-electron chi connectivity index (χ4n) is 2.84. The maximum absolute atomic E-state index is 12.0. The molecule has 25 heavy (non-hydrogen) atoms. The topological polar surface area (TPSA) is 61.8 Å². The van der Waals surface area contributed by atoms with E-state index in [1.54, 1.807) is 25.1 Å². The van der Waals surface area contributed by atoms with Gasteiger partial charge in [-0.05, 0) is 67.6 Å². The number of hydrogen-bond acceptors (Lipinski definition) is 5. The molecular formula is C20H20O5. The number of rotatable bonds is 6. The molecule has 0 saturated heterocycles. The minimum atomic E-state index is -0.526. The van der Waals surface area contributed by atoms with E-state index >= 15 is 0 Å². The minimum Gasteiger partial charge on any atom is -0.482 e. The molecule has 0 bridgehead atoms. The molecule has 1 aliphatic rings. The van der Waals surface area contributed by atoms with Crippen LogP contribution in [0.15, 0.2) is 42.5 Å². The highest BCUT2D eigenvalue weighted by molar-refractivity contribution is 5.90. The summed E-state index contributed by atoms with van der Waals surface area (Å²) in [4.78, 5) is 23.7. The van der Waals surface area contributed by atoms with Crippen LogP contribution in [0, 0.1) is 0 Å². The summed E-state index contributed by atoms with van der Waals surface area (Å²) in [5.74, 6) is -0.0257. The molecule has 0 radical (unpaired) electrons. The van der Waals surface area contributed by atoms with Gasteiger partial charge in [0.05, 0.1) is 12.2 Å². The third-order valence-corrected chi connectivity index (χ3v) is 4.00. The van der Waals surface area contributed by atoms with E-state index in [1.807, 2.05) is 18.2 Å². The van der Waals surface area contributed by atoms with Crippen molar-refractivity contribution >= 4 is 11.9 Å². The first-order chi connectivity index (χ1) is 12.2. The van der Waals surface area contributed by atoms with Crippen LogP contribution in [0.5, 0.6) is 11.5 Å². The van der Waals surface area contributed by atoms with Gasteiger partial charge in [0.2, 0.25) is 0 Å². The Kier molecular flexibility index (Phi) is 5.33. The lowest BCUT2D eigenvalue weighted by Crippen LogP contribution is -2.18. The maximum atomic E-state index is 12.0. The fourth-order valence-corrected chi connectivity index (χ4v) is 2.84. The summed E-state index contributed by atoms with van der Waals surface area (Å²) in [6.07, 6.45) is 3.32. The predicted octanol–water partition coefficient (Wildman–Crippen LogP) is 3.34. The van der Waals surface area contributed by atoms with Crippen LogP contribution in [0.1, 0.15) is 34.8 Å². The van der Waals surface area contributed by atoms with Gasteiger partial charge in [-0.1, -0.05) is 12.1 Å². The van der Waals surface area contributed by atoms with Gasteiger partial charge in [0.15, 0.2) is 6.61 Å². The van der Waals surface area contributed by atoms with Gasteiger partial charge < -0.3 is 14.2 Å². The summed E-state index contributed by atoms with van der Waals surface area (Å²) in [6, 6.07) is 12.2. The Morgan fingerprint density at radius 2 is 1.84 bits per heavy atom. The highest BCUT2D eigenvalue weighted by atomic mass is 16.6. The van der Waals surface area contributed by atoms with E-state index in [9.17, 15) is 9.59 Å². The van der Waals surface area contributed by atoms with Gasteiger partial charge in [-0.2, -0.15) is 0 Å². The number of carbonyl (C=O) groups excluding carboxylic acids is 2. The van der Waals surface area contributed by atoms with Crippen molar-refractivity contribution in [1.29, 1.82) is 0 Å². The second-order valence-corrected chi connectivity index (χ2v) is 5.80. The minimum absolute atomic E-state index is 0.192. The lowest BCUT2D eigenvalue weighted by molar-refractivity contribution is -0.136. The Hall–Kier alpha value is -2.82. The average Bonchev–Trinajstić information content (AvgIpc) is 3.08. The zero-order chi connectivity index (χ0) is 17.6. The number of fused-ring (bicyclic) bond motifs is 1. The zero-order valence-electron chi connectivity index (χ0n) is 14.1. The molecule has 5 nitrogen and oxygen atoms in total. The van der Waals surface area contributed by atoms with Crippen LogP contribution in [0.3, 0.4) is 0 Å². The van der Waals surface area contributed by atoms with Gasteiger partial charge in [-0.3, -0.25) is 0 Å². The number of esters is 2. The van der Waals surface area contributed by atoms with E-state index in [-0.39, 0.29) is 19.0 Å². The van der Waals surface area contributed by atoms with Crippen molar-refractivity contribution in [2.75, 3.05) is 13.2 Å². The molecule has 0 fully saturated rings. The lowest BCUT2D eigenvalue weighted by Gasteiger charge is -2.09. The Bertz CT molecular complexity index is 781. The van der Waals surface area contributed by atoms with Crippen molar-refractivity contribution in [2.45, 2.75) is 26.2 Å². The van der Waals surface area contributed by atoms with Gasteiger partial charge in [0, 0.05) is 0 Å². The molecule has 0 N–H and O–H groups in total. The molecule has 2 aromatic rings. The molecule has 0 amide bonds. The van der Waals surface area contributed by atoms with Crippen molar-refractivity contribution in [3.63, 3.8) is 0 Å². The summed E-state index contributed by atoms with van der Waals surface area (Å²) in [5.41, 5.74) is 2.98. The molecule has 0 spiro atoms. The smallest absolute Gasteiger partial charge is 0.349 e. The molecule has 0 unspecified atom stereocenters. The molecule has 0 saturated carbocycles. The average molecular weight is 340 g/mol. The first-order valence-corrected chi connectivity index (χ1v) is 8.38. The number of ether oxygens (including phenoxy) is 3. The second-order valence-electron chi connectivity index (χ2n) is 5.80. The third-order valence-electron chi connectivity index (χ3n) is 4.00. The van der Waals surface area contributed by atoms with Gasteiger partial charge in [-0.25, -0.2) is 9.59 Å². The predicted molar refractivity (Wildman–Crippen MR) is 92.0 cm³/mol. The van der Waals surface area contributed by atoms with Crippen LogP contribution in [-0.4, -0.2) is 25.2 Å². The van der Waals surface area contributed by atoms with Crippen LogP contribution in [0.25, 0.3) is 0 Å². The summed E-state index contributed by atoms with van der Waals surface area (Å²) in [7, 11) is 0. The van der Waals surface area contributed by atoms with Crippen molar-refractivity contribution in [3.05, 3.63) is 59.2 Å². The number of hydrogen-bond donors (Lipinski definition) is 0. The van der Waals surface area contributed by atoms with E-state index in [0.29, 0.717) is 11.3 Å². The van der Waals surface area contributed by atoms with Crippen LogP contribution >= 0.6 is 0 Å². The molecule has 0 atom stereocenters. The Morgan fingerprint density at radius 1 is 1.00 bits per heavy atom. The molecule has 1 aliphatic carbocycles. The summed E-state index contributed by atoms with van der Waals surface area (Å²) in [5, 5.41) is 0. The molecule has 0 heterocycles. The van der Waals surface area contributed by atoms with Crippen LogP contribution in [0.4, 0.5) is 0 Å². The van der Waals surface area contributed by atoms with Crippen LogP contribution in [0.2, 0.25) is 0 Å². The van der Waals surface area contributed by atoms with Crippen molar-refractivity contribution < 1.29 is 23.8 Å². The van der Waals surface area contributed by atoms with Gasteiger partial charge in [0.1, 0.15) is 11.5 Å². The molecule has 0 aliphatic heterocycles. The number of aryl methyl sites for hydroxylation is 2. The normalized spacial score (nSPS) is 12.4. The standard InChI is InChI=1S/C20H20O5/c1-2-23-20(22)16-7-4-8-18(12-16)25-19(21)13-24-17-10-9-14-5-3-6-15(14)11-17/h4,7-12H,2-3,5-6,13H2,1H3. The highest BCUT2D eigenvalue weighted by Crippen LogP contribution is 2.26. The molecule has 5 heteroatoms. The quantitative estimate of drug-likeness (QED) is 0.596. The van der Waals surface area contributed by atoms with Gasteiger partial charge in [0.25, 0.3) is 0 Å². The van der Waals surface area contributed by atoms with Crippen molar-refractivity contribution in [3.8, 4) is 11.5 Å². The monoisotopic (exact) mass is 340 g/mol. The van der Waals surface area contributed by atoms with E-state index < -0.39 is 11.9 Å². The Morgan fingerprint density at radius 3 is 2.68 bits per heavy atom. The molecule has 0 aromatic heterocycles. The van der Waals surface area contributed by atoms with E-state index in [4.69, 9.17) is 14.2 Å². The summed E-state index contributed by atoms with van der Waals surface area (Å²) >= 11 is 0. The van der Waals surface area contributed by atoms with Crippen molar-refractivity contribution in [2.24, 2.45) is 0 Å². The van der Waals surface area contributed by atoms with E-state index in [0.717, 1.165) is 19.3 Å². The zero-order valence-corrected chi connectivity index (χ0v) is 14.1. The maximum Gasteiger partial charge on any atom is 0.349 e. The molecule has 130 valence electrons. The molecular weight excluding hydrogens is 320 g/mol. The Labute approximate surface area is 146 Å². The number of benzene rings is 2.